The monoisotopic (exact) mass is 291 g/mol. The molecule has 0 aliphatic rings. The number of rotatable bonds is 1. The summed E-state index contributed by atoms with van der Waals surface area (Å²) in [5, 5.41) is 0.668. The standard InChI is InChI=1S/C9H7BrFNO2S/c1-15(13,14)12-3-2-7-8(10)4-6(11)5-9(7)12/h2-5H,1H3. The maximum Gasteiger partial charge on any atom is 0.236 e. The van der Waals surface area contributed by atoms with E-state index in [1.165, 1.54) is 18.3 Å². The highest BCUT2D eigenvalue weighted by atomic mass is 79.9. The molecule has 0 amide bonds. The molecule has 0 saturated carbocycles. The molecule has 2 rings (SSSR count). The van der Waals surface area contributed by atoms with Gasteiger partial charge in [0.15, 0.2) is 0 Å². The lowest BCUT2D eigenvalue weighted by molar-refractivity contribution is 0.595. The van der Waals surface area contributed by atoms with Crippen LogP contribution < -0.4 is 0 Å². The Bertz CT molecular complexity index is 633. The van der Waals surface area contributed by atoms with Gasteiger partial charge in [-0.3, -0.25) is 0 Å². The highest BCUT2D eigenvalue weighted by Gasteiger charge is 2.12. The largest absolute Gasteiger partial charge is 0.245 e. The predicted molar refractivity (Wildman–Crippen MR) is 59.8 cm³/mol. The van der Waals surface area contributed by atoms with Crippen LogP contribution in [0.1, 0.15) is 0 Å². The Morgan fingerprint density at radius 1 is 1.40 bits per heavy atom. The molecule has 2 aromatic rings. The number of hydrogen-bond acceptors (Lipinski definition) is 2. The molecule has 15 heavy (non-hydrogen) atoms. The number of fused-ring (bicyclic) bond motifs is 1. The summed E-state index contributed by atoms with van der Waals surface area (Å²) in [6.45, 7) is 0. The lowest BCUT2D eigenvalue weighted by Gasteiger charge is -2.02. The summed E-state index contributed by atoms with van der Waals surface area (Å²) in [6.07, 6.45) is 2.48. The minimum absolute atomic E-state index is 0.337. The van der Waals surface area contributed by atoms with E-state index in [1.807, 2.05) is 0 Å². The van der Waals surface area contributed by atoms with Gasteiger partial charge in [-0.15, -0.1) is 0 Å². The van der Waals surface area contributed by atoms with E-state index >= 15 is 0 Å². The summed E-state index contributed by atoms with van der Waals surface area (Å²) in [5.74, 6) is -0.474. The van der Waals surface area contributed by atoms with E-state index in [0.717, 1.165) is 10.2 Å². The van der Waals surface area contributed by atoms with Gasteiger partial charge in [0.1, 0.15) is 5.82 Å². The van der Waals surface area contributed by atoms with Crippen LogP contribution in [0, 0.1) is 5.82 Å². The molecule has 0 saturated heterocycles. The van der Waals surface area contributed by atoms with Gasteiger partial charge in [0.05, 0.1) is 11.8 Å². The quantitative estimate of drug-likeness (QED) is 0.809. The Morgan fingerprint density at radius 2 is 2.07 bits per heavy atom. The van der Waals surface area contributed by atoms with Crippen LogP contribution in [-0.4, -0.2) is 18.6 Å². The third-order valence-corrected chi connectivity index (χ3v) is 3.73. The van der Waals surface area contributed by atoms with E-state index in [9.17, 15) is 12.8 Å². The topological polar surface area (TPSA) is 39.1 Å². The average molecular weight is 292 g/mol. The van der Waals surface area contributed by atoms with Crippen molar-refractivity contribution >= 4 is 36.9 Å². The molecule has 0 radical (unpaired) electrons. The second-order valence-corrected chi connectivity index (χ2v) is 5.91. The summed E-state index contributed by atoms with van der Waals surface area (Å²) in [4.78, 5) is 0. The van der Waals surface area contributed by atoms with Crippen molar-refractivity contribution in [2.45, 2.75) is 0 Å². The third kappa shape index (κ3) is 1.79. The summed E-state index contributed by atoms with van der Waals surface area (Å²) in [7, 11) is -3.39. The van der Waals surface area contributed by atoms with E-state index in [1.54, 1.807) is 6.07 Å². The van der Waals surface area contributed by atoms with Gasteiger partial charge in [-0.05, 0) is 34.1 Å². The molecule has 1 heterocycles. The van der Waals surface area contributed by atoms with Gasteiger partial charge in [0.2, 0.25) is 10.0 Å². The van der Waals surface area contributed by atoms with E-state index in [0.29, 0.717) is 15.4 Å². The Hall–Kier alpha value is -0.880. The van der Waals surface area contributed by atoms with Crippen molar-refractivity contribution in [2.75, 3.05) is 6.26 Å². The molecular weight excluding hydrogens is 285 g/mol. The molecule has 0 aliphatic carbocycles. The van der Waals surface area contributed by atoms with Crippen molar-refractivity contribution in [1.82, 2.24) is 3.97 Å². The van der Waals surface area contributed by atoms with Crippen LogP contribution in [0.5, 0.6) is 0 Å². The molecular formula is C9H7BrFNO2S. The van der Waals surface area contributed by atoms with Crippen LogP contribution >= 0.6 is 15.9 Å². The maximum atomic E-state index is 13.1. The van der Waals surface area contributed by atoms with E-state index in [2.05, 4.69) is 15.9 Å². The molecule has 0 N–H and O–H groups in total. The predicted octanol–water partition coefficient (Wildman–Crippen LogP) is 2.35. The fraction of sp³-hybridized carbons (Fsp3) is 0.111. The number of nitrogens with zero attached hydrogens (tertiary/aromatic N) is 1. The van der Waals surface area contributed by atoms with Gasteiger partial charge in [0, 0.05) is 16.1 Å². The van der Waals surface area contributed by atoms with Gasteiger partial charge in [0.25, 0.3) is 0 Å². The zero-order chi connectivity index (χ0) is 11.2. The summed E-state index contributed by atoms with van der Waals surface area (Å²) in [6, 6.07) is 4.12. The van der Waals surface area contributed by atoms with Crippen LogP contribution in [0.15, 0.2) is 28.9 Å². The first kappa shape index (κ1) is 10.6. The zero-order valence-corrected chi connectivity index (χ0v) is 10.1. The maximum absolute atomic E-state index is 13.1. The lowest BCUT2D eigenvalue weighted by Crippen LogP contribution is -2.08. The molecule has 3 nitrogen and oxygen atoms in total. The first-order valence-corrected chi connectivity index (χ1v) is 6.70. The normalized spacial score (nSPS) is 12.2. The fourth-order valence-corrected chi connectivity index (χ4v) is 2.77. The zero-order valence-electron chi connectivity index (χ0n) is 7.74. The fourth-order valence-electron chi connectivity index (χ4n) is 1.43. The van der Waals surface area contributed by atoms with Crippen LogP contribution in [0.25, 0.3) is 10.9 Å². The van der Waals surface area contributed by atoms with Gasteiger partial charge in [-0.2, -0.15) is 0 Å². The van der Waals surface area contributed by atoms with Gasteiger partial charge in [-0.25, -0.2) is 16.8 Å². The van der Waals surface area contributed by atoms with Gasteiger partial charge < -0.3 is 0 Å². The Labute approximate surface area is 94.7 Å². The molecule has 0 aliphatic heterocycles. The average Bonchev–Trinajstić information content (AvgIpc) is 2.45. The van der Waals surface area contributed by atoms with Crippen molar-refractivity contribution in [3.8, 4) is 0 Å². The van der Waals surface area contributed by atoms with Crippen molar-refractivity contribution in [2.24, 2.45) is 0 Å². The first-order chi connectivity index (χ1) is 6.89. The molecule has 6 heteroatoms. The van der Waals surface area contributed by atoms with E-state index in [-0.39, 0.29) is 0 Å². The second kappa shape index (κ2) is 3.31. The van der Waals surface area contributed by atoms with E-state index in [4.69, 9.17) is 0 Å². The van der Waals surface area contributed by atoms with Crippen LogP contribution in [0.3, 0.4) is 0 Å². The molecule has 80 valence electrons. The van der Waals surface area contributed by atoms with Crippen LogP contribution in [0.4, 0.5) is 4.39 Å². The third-order valence-electron chi connectivity index (χ3n) is 2.04. The lowest BCUT2D eigenvalue weighted by atomic mass is 10.2. The summed E-state index contributed by atoms with van der Waals surface area (Å²) < 4.78 is 37.4. The van der Waals surface area contributed by atoms with Gasteiger partial charge in [-0.1, -0.05) is 0 Å². The number of aromatic nitrogens is 1. The SMILES string of the molecule is CS(=O)(=O)n1ccc2c(Br)cc(F)cc21. The molecule has 1 aromatic carbocycles. The van der Waals surface area contributed by atoms with Crippen molar-refractivity contribution in [1.29, 1.82) is 0 Å². The second-order valence-electron chi connectivity index (χ2n) is 3.19. The van der Waals surface area contributed by atoms with Crippen LogP contribution in [-0.2, 0) is 10.0 Å². The minimum Gasteiger partial charge on any atom is -0.245 e. The molecule has 1 aromatic heterocycles. The Balaban J connectivity index is 2.92. The summed E-state index contributed by atoms with van der Waals surface area (Å²) >= 11 is 3.18. The number of hydrogen-bond donors (Lipinski definition) is 0. The number of halogens is 2. The van der Waals surface area contributed by atoms with Crippen molar-refractivity contribution in [3.63, 3.8) is 0 Å². The highest BCUT2D eigenvalue weighted by Crippen LogP contribution is 2.27. The Morgan fingerprint density at radius 3 is 2.67 bits per heavy atom. The van der Waals surface area contributed by atoms with Crippen LogP contribution in [0.2, 0.25) is 0 Å². The number of benzene rings is 1. The van der Waals surface area contributed by atoms with Gasteiger partial charge >= 0.3 is 0 Å². The van der Waals surface area contributed by atoms with Crippen molar-refractivity contribution < 1.29 is 12.8 Å². The molecule has 0 bridgehead atoms. The summed E-state index contributed by atoms with van der Waals surface area (Å²) in [5.41, 5.74) is 0.337. The smallest absolute Gasteiger partial charge is 0.236 e. The molecule has 0 spiro atoms. The molecule has 0 fully saturated rings. The Kier molecular flexibility index (Phi) is 2.35. The van der Waals surface area contributed by atoms with Crippen molar-refractivity contribution in [3.05, 3.63) is 34.7 Å². The highest BCUT2D eigenvalue weighted by molar-refractivity contribution is 9.10. The van der Waals surface area contributed by atoms with E-state index < -0.39 is 15.8 Å². The first-order valence-electron chi connectivity index (χ1n) is 4.06. The molecule has 0 atom stereocenters. The minimum atomic E-state index is -3.39. The molecule has 0 unspecified atom stereocenters.